The van der Waals surface area contributed by atoms with Crippen LogP contribution in [0.5, 0.6) is 11.5 Å². The quantitative estimate of drug-likeness (QED) is 0.494. The third kappa shape index (κ3) is 7.12. The highest BCUT2D eigenvalue weighted by atomic mass is 16.5. The summed E-state index contributed by atoms with van der Waals surface area (Å²) in [4.78, 5) is 6.76. The number of rotatable bonds is 10. The Bertz CT molecular complexity index is 551. The average Bonchev–Trinajstić information content (AvgIpc) is 2.61. The van der Waals surface area contributed by atoms with Crippen molar-refractivity contribution in [1.82, 2.24) is 15.5 Å². The molecule has 2 N–H and O–H groups in total. The molecule has 6 nitrogen and oxygen atoms in total. The van der Waals surface area contributed by atoms with Gasteiger partial charge in [-0.25, -0.2) is 0 Å². The van der Waals surface area contributed by atoms with Gasteiger partial charge in [-0.1, -0.05) is 6.07 Å². The maximum absolute atomic E-state index is 5.56. The normalized spacial score (nSPS) is 12.0. The predicted octanol–water partition coefficient (Wildman–Crippen LogP) is 2.88. The van der Waals surface area contributed by atoms with Crippen LogP contribution in [0.3, 0.4) is 0 Å². The predicted molar refractivity (Wildman–Crippen MR) is 109 cm³/mol. The molecule has 0 fully saturated rings. The third-order valence-electron chi connectivity index (χ3n) is 4.20. The van der Waals surface area contributed by atoms with E-state index < -0.39 is 0 Å². The summed E-state index contributed by atoms with van der Waals surface area (Å²) in [6.07, 6.45) is 0. The molecule has 0 unspecified atom stereocenters. The van der Waals surface area contributed by atoms with Gasteiger partial charge in [0.15, 0.2) is 17.5 Å². The Hall–Kier alpha value is -1.95. The van der Waals surface area contributed by atoms with Crippen LogP contribution in [0.2, 0.25) is 0 Å². The monoisotopic (exact) mass is 364 g/mol. The zero-order valence-electron chi connectivity index (χ0n) is 17.4. The molecule has 0 saturated carbocycles. The molecule has 0 heterocycles. The van der Waals surface area contributed by atoms with Gasteiger partial charge >= 0.3 is 0 Å². The molecule has 148 valence electrons. The van der Waals surface area contributed by atoms with E-state index in [-0.39, 0.29) is 0 Å². The van der Waals surface area contributed by atoms with Gasteiger partial charge < -0.3 is 20.1 Å². The van der Waals surface area contributed by atoms with E-state index in [4.69, 9.17) is 9.47 Å². The molecule has 0 spiro atoms. The number of ether oxygens (including phenoxy) is 2. The molecule has 0 saturated heterocycles. The fourth-order valence-corrected chi connectivity index (χ4v) is 2.92. The Morgan fingerprint density at radius 1 is 1.12 bits per heavy atom. The van der Waals surface area contributed by atoms with Crippen molar-refractivity contribution in [1.29, 1.82) is 0 Å². The first-order valence-electron chi connectivity index (χ1n) is 9.42. The topological polar surface area (TPSA) is 58.1 Å². The van der Waals surface area contributed by atoms with Crippen LogP contribution in [0.25, 0.3) is 0 Å². The van der Waals surface area contributed by atoms with E-state index >= 15 is 0 Å². The highest BCUT2D eigenvalue weighted by molar-refractivity contribution is 5.79. The minimum absolute atomic E-state index is 0.531. The van der Waals surface area contributed by atoms with Crippen molar-refractivity contribution in [3.8, 4) is 11.5 Å². The van der Waals surface area contributed by atoms with Gasteiger partial charge in [0.1, 0.15) is 0 Å². The van der Waals surface area contributed by atoms with Crippen molar-refractivity contribution in [2.75, 3.05) is 33.9 Å². The molecule has 6 heteroatoms. The number of aliphatic imine (C=N–C) groups is 1. The minimum atomic E-state index is 0.531. The summed E-state index contributed by atoms with van der Waals surface area (Å²) in [6, 6.07) is 7.03. The standard InChI is InChI=1S/C20H36N4O2/c1-8-26-18-10-9-17(13-19(18)25-7)14-23-20(21-6)22-11-12-24(15(2)3)16(4)5/h9-10,13,15-16H,8,11-12,14H2,1-7H3,(H2,21,22,23). The maximum atomic E-state index is 5.56. The summed E-state index contributed by atoms with van der Waals surface area (Å²) in [7, 11) is 3.45. The molecule has 1 aromatic carbocycles. The van der Waals surface area contributed by atoms with Crippen molar-refractivity contribution in [3.05, 3.63) is 23.8 Å². The third-order valence-corrected chi connectivity index (χ3v) is 4.20. The number of hydrogen-bond acceptors (Lipinski definition) is 4. The lowest BCUT2D eigenvalue weighted by atomic mass is 10.2. The van der Waals surface area contributed by atoms with Crippen molar-refractivity contribution < 1.29 is 9.47 Å². The fraction of sp³-hybridized carbons (Fsp3) is 0.650. The zero-order valence-corrected chi connectivity index (χ0v) is 17.4. The molecule has 0 aliphatic carbocycles. The van der Waals surface area contributed by atoms with Crippen LogP contribution in [0, 0.1) is 0 Å². The second-order valence-electron chi connectivity index (χ2n) is 6.70. The van der Waals surface area contributed by atoms with Crippen molar-refractivity contribution in [3.63, 3.8) is 0 Å². The molecule has 0 radical (unpaired) electrons. The van der Waals surface area contributed by atoms with Crippen LogP contribution >= 0.6 is 0 Å². The van der Waals surface area contributed by atoms with E-state index in [1.807, 2.05) is 25.1 Å². The van der Waals surface area contributed by atoms with E-state index in [1.54, 1.807) is 14.2 Å². The van der Waals surface area contributed by atoms with Gasteiger partial charge in [0.25, 0.3) is 0 Å². The molecule has 0 aliphatic rings. The van der Waals surface area contributed by atoms with E-state index in [0.717, 1.165) is 36.1 Å². The van der Waals surface area contributed by atoms with Crippen LogP contribution in [0.15, 0.2) is 23.2 Å². The van der Waals surface area contributed by atoms with Crippen LogP contribution in [-0.4, -0.2) is 56.8 Å². The summed E-state index contributed by atoms with van der Waals surface area (Å²) in [6.45, 7) is 14.0. The van der Waals surface area contributed by atoms with E-state index in [2.05, 4.69) is 48.2 Å². The number of nitrogens with one attached hydrogen (secondary N) is 2. The number of guanidine groups is 1. The lowest BCUT2D eigenvalue weighted by Crippen LogP contribution is -2.45. The fourth-order valence-electron chi connectivity index (χ4n) is 2.92. The Balaban J connectivity index is 2.54. The lowest BCUT2D eigenvalue weighted by Gasteiger charge is -2.30. The molecule has 26 heavy (non-hydrogen) atoms. The summed E-state index contributed by atoms with van der Waals surface area (Å²) in [5.74, 6) is 2.31. The highest BCUT2D eigenvalue weighted by Gasteiger charge is 2.12. The van der Waals surface area contributed by atoms with Crippen LogP contribution in [0.1, 0.15) is 40.2 Å². The first-order chi connectivity index (χ1) is 12.4. The van der Waals surface area contributed by atoms with E-state index in [9.17, 15) is 0 Å². The molecule has 1 rings (SSSR count). The number of hydrogen-bond donors (Lipinski definition) is 2. The maximum Gasteiger partial charge on any atom is 0.191 e. The highest BCUT2D eigenvalue weighted by Crippen LogP contribution is 2.27. The Labute approximate surface area is 159 Å². The van der Waals surface area contributed by atoms with Gasteiger partial charge in [0.05, 0.1) is 13.7 Å². The van der Waals surface area contributed by atoms with Gasteiger partial charge in [-0.15, -0.1) is 0 Å². The summed E-state index contributed by atoms with van der Waals surface area (Å²) < 4.78 is 11.0. The minimum Gasteiger partial charge on any atom is -0.493 e. The Morgan fingerprint density at radius 2 is 1.81 bits per heavy atom. The molecule has 0 aromatic heterocycles. The largest absolute Gasteiger partial charge is 0.493 e. The van der Waals surface area contributed by atoms with Crippen LogP contribution < -0.4 is 20.1 Å². The second-order valence-corrected chi connectivity index (χ2v) is 6.70. The summed E-state index contributed by atoms with van der Waals surface area (Å²) >= 11 is 0. The van der Waals surface area contributed by atoms with E-state index in [0.29, 0.717) is 25.2 Å². The molecular weight excluding hydrogens is 328 g/mol. The summed E-state index contributed by atoms with van der Waals surface area (Å²) in [5.41, 5.74) is 1.11. The number of nitrogens with zero attached hydrogens (tertiary/aromatic N) is 2. The molecule has 0 atom stereocenters. The Morgan fingerprint density at radius 3 is 2.35 bits per heavy atom. The first kappa shape index (κ1) is 22.1. The average molecular weight is 365 g/mol. The lowest BCUT2D eigenvalue weighted by molar-refractivity contribution is 0.178. The van der Waals surface area contributed by atoms with E-state index in [1.165, 1.54) is 0 Å². The molecular formula is C20H36N4O2. The smallest absolute Gasteiger partial charge is 0.191 e. The SMILES string of the molecule is CCOc1ccc(CNC(=NC)NCCN(C(C)C)C(C)C)cc1OC. The first-order valence-corrected chi connectivity index (χ1v) is 9.42. The van der Waals surface area contributed by atoms with Crippen molar-refractivity contribution >= 4 is 5.96 Å². The van der Waals surface area contributed by atoms with Gasteiger partial charge in [0.2, 0.25) is 0 Å². The van der Waals surface area contributed by atoms with Gasteiger partial charge in [-0.3, -0.25) is 9.89 Å². The van der Waals surface area contributed by atoms with Gasteiger partial charge in [-0.05, 0) is 52.3 Å². The molecule has 0 bridgehead atoms. The van der Waals surface area contributed by atoms with Crippen molar-refractivity contribution in [2.45, 2.75) is 53.2 Å². The number of benzene rings is 1. The Kier molecular flexibility index (Phi) is 9.88. The zero-order chi connectivity index (χ0) is 19.5. The van der Waals surface area contributed by atoms with Gasteiger partial charge in [0, 0.05) is 38.8 Å². The number of methoxy groups -OCH3 is 1. The van der Waals surface area contributed by atoms with Crippen LogP contribution in [0.4, 0.5) is 0 Å². The van der Waals surface area contributed by atoms with Gasteiger partial charge in [-0.2, -0.15) is 0 Å². The second kappa shape index (κ2) is 11.6. The molecule has 1 aromatic rings. The molecule has 0 aliphatic heterocycles. The summed E-state index contributed by atoms with van der Waals surface area (Å²) in [5, 5.41) is 6.73. The van der Waals surface area contributed by atoms with Crippen molar-refractivity contribution in [2.24, 2.45) is 4.99 Å². The molecule has 0 amide bonds. The van der Waals surface area contributed by atoms with Crippen LogP contribution in [-0.2, 0) is 6.54 Å².